The second kappa shape index (κ2) is 7.68. The van der Waals surface area contributed by atoms with Crippen LogP contribution in [0.5, 0.6) is 0 Å². The van der Waals surface area contributed by atoms with Gasteiger partial charge in [-0.05, 0) is 81.8 Å². The van der Waals surface area contributed by atoms with Gasteiger partial charge in [0.1, 0.15) is 0 Å². The van der Waals surface area contributed by atoms with Gasteiger partial charge in [-0.3, -0.25) is 0 Å². The topological polar surface area (TPSA) is 0 Å². The number of aryl methyl sites for hydroxylation is 1. The molecule has 0 aliphatic heterocycles. The van der Waals surface area contributed by atoms with Crippen molar-refractivity contribution in [1.82, 2.24) is 0 Å². The minimum Gasteiger partial charge on any atom is -0.0839 e. The quantitative estimate of drug-likeness (QED) is 0.278. The minimum atomic E-state index is -0.250. The third-order valence-corrected chi connectivity index (χ3v) is 9.02. The number of benzene rings is 4. The Kier molecular flexibility index (Phi) is 4.61. The van der Waals surface area contributed by atoms with Crippen molar-refractivity contribution in [2.24, 2.45) is 0 Å². The monoisotopic (exact) mass is 464 g/mol. The number of hydrogen-bond donors (Lipinski definition) is 0. The fourth-order valence-corrected chi connectivity index (χ4v) is 7.46. The summed E-state index contributed by atoms with van der Waals surface area (Å²) in [4.78, 5) is 0. The summed E-state index contributed by atoms with van der Waals surface area (Å²) in [6.07, 6.45) is 8.10. The molecule has 1 unspecified atom stereocenters. The predicted octanol–water partition coefficient (Wildman–Crippen LogP) is 8.84. The van der Waals surface area contributed by atoms with E-state index in [9.17, 15) is 0 Å². The summed E-state index contributed by atoms with van der Waals surface area (Å²) in [7, 11) is 0. The largest absolute Gasteiger partial charge is 0.0839 e. The van der Waals surface area contributed by atoms with Crippen LogP contribution in [-0.2, 0) is 17.3 Å². The smallest absolute Gasteiger partial charge is 0.0716 e. The molecule has 0 nitrogen and oxygen atoms in total. The summed E-state index contributed by atoms with van der Waals surface area (Å²) >= 11 is 0. The first-order valence-corrected chi connectivity index (χ1v) is 13.3. The van der Waals surface area contributed by atoms with Gasteiger partial charge < -0.3 is 0 Å². The third kappa shape index (κ3) is 2.76. The van der Waals surface area contributed by atoms with Crippen LogP contribution in [0.3, 0.4) is 0 Å². The average molecular weight is 465 g/mol. The Morgan fingerprint density at radius 2 is 1.44 bits per heavy atom. The highest BCUT2D eigenvalue weighted by molar-refractivity contribution is 5.90. The van der Waals surface area contributed by atoms with E-state index >= 15 is 0 Å². The molecule has 0 fully saturated rings. The Labute approximate surface area is 215 Å². The Hall–Kier alpha value is -3.64. The maximum atomic E-state index is 2.48. The van der Waals surface area contributed by atoms with E-state index < -0.39 is 0 Å². The zero-order valence-electron chi connectivity index (χ0n) is 21.4. The maximum absolute atomic E-state index is 2.48. The lowest BCUT2D eigenvalue weighted by Crippen LogP contribution is -2.41. The van der Waals surface area contributed by atoms with Gasteiger partial charge in [0.05, 0.1) is 5.41 Å². The van der Waals surface area contributed by atoms with Crippen molar-refractivity contribution in [2.75, 3.05) is 0 Å². The first kappa shape index (κ1) is 21.6. The van der Waals surface area contributed by atoms with Crippen molar-refractivity contribution in [3.8, 4) is 11.1 Å². The lowest BCUT2D eigenvalue weighted by molar-refractivity contribution is 0.524. The number of allylic oxidation sites excluding steroid dienone is 4. The van der Waals surface area contributed by atoms with Crippen molar-refractivity contribution in [2.45, 2.75) is 50.9 Å². The SMILES string of the molecule is Cc1cccc2c1-c1cc(Cc3ccccc3)ccc1C21C2=C(CCC=C2)C(C)(C)c2ccccc21. The average Bonchev–Trinajstić information content (AvgIpc) is 3.20. The van der Waals surface area contributed by atoms with Gasteiger partial charge in [0.25, 0.3) is 0 Å². The molecule has 0 bridgehead atoms. The van der Waals surface area contributed by atoms with E-state index in [1.54, 1.807) is 5.57 Å². The first-order chi connectivity index (χ1) is 17.5. The molecule has 4 aromatic rings. The van der Waals surface area contributed by atoms with Crippen molar-refractivity contribution >= 4 is 0 Å². The Bertz CT molecular complexity index is 1580. The molecule has 36 heavy (non-hydrogen) atoms. The Morgan fingerprint density at radius 3 is 2.28 bits per heavy atom. The van der Waals surface area contributed by atoms with Crippen molar-refractivity contribution < 1.29 is 0 Å². The van der Waals surface area contributed by atoms with E-state index in [1.807, 2.05) is 0 Å². The second-order valence-electron chi connectivity index (χ2n) is 11.3. The third-order valence-electron chi connectivity index (χ3n) is 9.02. The molecule has 0 aromatic heterocycles. The van der Waals surface area contributed by atoms with Crippen LogP contribution < -0.4 is 0 Å². The van der Waals surface area contributed by atoms with Crippen LogP contribution in [0, 0.1) is 6.92 Å². The molecular formula is C36H32. The number of fused-ring (bicyclic) bond motifs is 8. The lowest BCUT2D eigenvalue weighted by atomic mass is 9.54. The molecule has 0 heterocycles. The normalized spacial score (nSPS) is 20.6. The lowest BCUT2D eigenvalue weighted by Gasteiger charge is -2.48. The molecule has 3 aliphatic rings. The van der Waals surface area contributed by atoms with E-state index in [0.29, 0.717) is 0 Å². The highest BCUT2D eigenvalue weighted by Crippen LogP contribution is 2.63. The molecule has 4 aromatic carbocycles. The van der Waals surface area contributed by atoms with E-state index in [2.05, 4.69) is 124 Å². The molecular weight excluding hydrogens is 432 g/mol. The van der Waals surface area contributed by atoms with Gasteiger partial charge in [0.15, 0.2) is 0 Å². The summed E-state index contributed by atoms with van der Waals surface area (Å²) in [5.74, 6) is 0. The Morgan fingerprint density at radius 1 is 0.694 bits per heavy atom. The van der Waals surface area contributed by atoms with Gasteiger partial charge in [0.2, 0.25) is 0 Å². The molecule has 3 aliphatic carbocycles. The fraction of sp³-hybridized carbons (Fsp3) is 0.222. The second-order valence-corrected chi connectivity index (χ2v) is 11.3. The molecule has 0 amide bonds. The predicted molar refractivity (Wildman–Crippen MR) is 151 cm³/mol. The van der Waals surface area contributed by atoms with E-state index in [-0.39, 0.29) is 10.8 Å². The van der Waals surface area contributed by atoms with Crippen LogP contribution in [0.4, 0.5) is 0 Å². The molecule has 176 valence electrons. The van der Waals surface area contributed by atoms with Gasteiger partial charge in [0, 0.05) is 5.41 Å². The van der Waals surface area contributed by atoms with Crippen LogP contribution in [0.2, 0.25) is 0 Å². The molecule has 0 N–H and O–H groups in total. The highest BCUT2D eigenvalue weighted by Gasteiger charge is 2.54. The molecule has 1 spiro atoms. The molecule has 0 heteroatoms. The fourth-order valence-electron chi connectivity index (χ4n) is 7.46. The summed E-state index contributed by atoms with van der Waals surface area (Å²) in [6, 6.07) is 34.4. The molecule has 1 atom stereocenters. The summed E-state index contributed by atoms with van der Waals surface area (Å²) in [5.41, 5.74) is 15.7. The zero-order chi connectivity index (χ0) is 24.5. The molecule has 0 saturated heterocycles. The zero-order valence-corrected chi connectivity index (χ0v) is 21.4. The van der Waals surface area contributed by atoms with Crippen LogP contribution >= 0.6 is 0 Å². The molecule has 7 rings (SSSR count). The van der Waals surface area contributed by atoms with Crippen molar-refractivity contribution in [1.29, 1.82) is 0 Å². The van der Waals surface area contributed by atoms with E-state index in [4.69, 9.17) is 0 Å². The molecule has 0 radical (unpaired) electrons. The van der Waals surface area contributed by atoms with Gasteiger partial charge in [-0.2, -0.15) is 0 Å². The van der Waals surface area contributed by atoms with Crippen LogP contribution in [0.25, 0.3) is 11.1 Å². The Balaban J connectivity index is 1.57. The van der Waals surface area contributed by atoms with Crippen LogP contribution in [0.1, 0.15) is 65.6 Å². The summed E-state index contributed by atoms with van der Waals surface area (Å²) < 4.78 is 0. The van der Waals surface area contributed by atoms with Gasteiger partial charge in [-0.15, -0.1) is 0 Å². The highest BCUT2D eigenvalue weighted by atomic mass is 14.6. The summed E-state index contributed by atoms with van der Waals surface area (Å²) in [6.45, 7) is 7.16. The number of rotatable bonds is 2. The molecule has 0 saturated carbocycles. The maximum Gasteiger partial charge on any atom is 0.0716 e. The van der Waals surface area contributed by atoms with Crippen LogP contribution in [-0.4, -0.2) is 0 Å². The summed E-state index contributed by atoms with van der Waals surface area (Å²) in [5, 5.41) is 0. The van der Waals surface area contributed by atoms with Gasteiger partial charge in [-0.25, -0.2) is 0 Å². The van der Waals surface area contributed by atoms with E-state index in [0.717, 1.165) is 19.3 Å². The first-order valence-electron chi connectivity index (χ1n) is 13.3. The van der Waals surface area contributed by atoms with Crippen molar-refractivity contribution in [3.63, 3.8) is 0 Å². The standard InChI is InChI=1S/C36H32/c1-24-12-11-19-33-34(24)27-23-26(22-25-13-5-4-6-14-25)20-21-28(27)36(33)31-17-9-7-15-29(31)35(2,3)30-16-8-10-18-32(30)36/h4-7,9-15,17-21,23H,8,16,22H2,1-3H3. The minimum absolute atomic E-state index is 0.0297. The van der Waals surface area contributed by atoms with Gasteiger partial charge >= 0.3 is 0 Å². The number of hydrogen-bond acceptors (Lipinski definition) is 0. The van der Waals surface area contributed by atoms with E-state index in [1.165, 1.54) is 55.6 Å². The van der Waals surface area contributed by atoms with Crippen LogP contribution in [0.15, 0.2) is 114 Å². The van der Waals surface area contributed by atoms with Gasteiger partial charge in [-0.1, -0.05) is 123 Å². The van der Waals surface area contributed by atoms with Crippen molar-refractivity contribution in [3.05, 3.63) is 153 Å².